The maximum atomic E-state index is 13.6. The van der Waals surface area contributed by atoms with Gasteiger partial charge < -0.3 is 16.0 Å². The molecule has 0 aliphatic carbocycles. The summed E-state index contributed by atoms with van der Waals surface area (Å²) in [6, 6.07) is 6.42. The smallest absolute Gasteiger partial charge is 0.243 e. The molecule has 10 heteroatoms. The molecule has 0 aliphatic rings. The Morgan fingerprint density at radius 2 is 1.56 bits per heavy atom. The van der Waals surface area contributed by atoms with Gasteiger partial charge in [0, 0.05) is 5.69 Å². The van der Waals surface area contributed by atoms with Crippen molar-refractivity contribution < 1.29 is 27.6 Å². The third-order valence-electron chi connectivity index (χ3n) is 4.91. The topological polar surface area (TPSA) is 90.5 Å². The van der Waals surface area contributed by atoms with Gasteiger partial charge in [-0.15, -0.1) is 0 Å². The summed E-state index contributed by atoms with van der Waals surface area (Å²) in [7, 11) is 1.57. The number of rotatable bonds is 8. The van der Waals surface area contributed by atoms with Crippen LogP contribution in [0.1, 0.15) is 18.1 Å². The summed E-state index contributed by atoms with van der Waals surface area (Å²) in [4.78, 5) is 38.1. The Labute approximate surface area is 184 Å². The first kappa shape index (κ1) is 24.9. The van der Waals surface area contributed by atoms with Gasteiger partial charge in [0.2, 0.25) is 17.7 Å². The maximum absolute atomic E-state index is 13.6. The van der Waals surface area contributed by atoms with E-state index in [1.807, 2.05) is 32.0 Å². The molecule has 3 N–H and O–H groups in total. The molecule has 2 aromatic carbocycles. The third kappa shape index (κ3) is 6.30. The van der Waals surface area contributed by atoms with Crippen molar-refractivity contribution in [2.45, 2.75) is 26.8 Å². The third-order valence-corrected chi connectivity index (χ3v) is 4.91. The molecule has 0 saturated carbocycles. The van der Waals surface area contributed by atoms with Gasteiger partial charge in [-0.1, -0.05) is 18.2 Å². The molecule has 2 rings (SSSR count). The minimum absolute atomic E-state index is 0.0748. The summed E-state index contributed by atoms with van der Waals surface area (Å²) >= 11 is 0. The van der Waals surface area contributed by atoms with Crippen molar-refractivity contribution >= 4 is 29.1 Å². The molecule has 0 radical (unpaired) electrons. The normalized spacial score (nSPS) is 11.8. The first-order chi connectivity index (χ1) is 15.0. The molecule has 7 nitrogen and oxygen atoms in total. The number of amides is 3. The Morgan fingerprint density at radius 3 is 2.19 bits per heavy atom. The number of aryl methyl sites for hydroxylation is 2. The molecule has 0 saturated heterocycles. The van der Waals surface area contributed by atoms with Gasteiger partial charge in [-0.25, -0.2) is 13.2 Å². The van der Waals surface area contributed by atoms with E-state index in [1.165, 1.54) is 4.90 Å². The zero-order chi connectivity index (χ0) is 24.0. The molecule has 0 aliphatic heterocycles. The lowest BCUT2D eigenvalue weighted by Gasteiger charge is -2.23. The van der Waals surface area contributed by atoms with Crippen LogP contribution in [0.25, 0.3) is 0 Å². The van der Waals surface area contributed by atoms with Crippen molar-refractivity contribution in [1.29, 1.82) is 0 Å². The van der Waals surface area contributed by atoms with Crippen molar-refractivity contribution in [2.24, 2.45) is 0 Å². The largest absolute Gasteiger partial charge is 0.346 e. The van der Waals surface area contributed by atoms with Crippen LogP contribution >= 0.6 is 0 Å². The summed E-state index contributed by atoms with van der Waals surface area (Å²) < 4.78 is 39.8. The summed E-state index contributed by atoms with van der Waals surface area (Å²) in [5.41, 5.74) is 1.99. The van der Waals surface area contributed by atoms with Crippen molar-refractivity contribution in [3.05, 3.63) is 58.9 Å². The van der Waals surface area contributed by atoms with Crippen molar-refractivity contribution in [1.82, 2.24) is 10.2 Å². The van der Waals surface area contributed by atoms with Crippen LogP contribution in [-0.4, -0.2) is 48.8 Å². The maximum Gasteiger partial charge on any atom is 0.243 e. The molecule has 172 valence electrons. The van der Waals surface area contributed by atoms with Crippen LogP contribution in [0.5, 0.6) is 0 Å². The van der Waals surface area contributed by atoms with Gasteiger partial charge in [-0.2, -0.15) is 0 Å². The van der Waals surface area contributed by atoms with Crippen LogP contribution in [0.2, 0.25) is 0 Å². The molecule has 2 aromatic rings. The van der Waals surface area contributed by atoms with Crippen LogP contribution in [-0.2, 0) is 14.4 Å². The highest BCUT2D eigenvalue weighted by molar-refractivity contribution is 5.96. The van der Waals surface area contributed by atoms with E-state index in [-0.39, 0.29) is 12.5 Å². The average molecular weight is 450 g/mol. The van der Waals surface area contributed by atoms with Gasteiger partial charge in [0.25, 0.3) is 0 Å². The molecular formula is C22H25F3N4O3. The highest BCUT2D eigenvalue weighted by atomic mass is 19.2. The fourth-order valence-electron chi connectivity index (χ4n) is 2.89. The van der Waals surface area contributed by atoms with Crippen molar-refractivity contribution in [2.75, 3.05) is 30.8 Å². The highest BCUT2D eigenvalue weighted by Crippen LogP contribution is 2.20. The van der Waals surface area contributed by atoms with Gasteiger partial charge in [0.15, 0.2) is 17.5 Å². The predicted octanol–water partition coefficient (Wildman–Crippen LogP) is 2.73. The van der Waals surface area contributed by atoms with Gasteiger partial charge in [0.05, 0.1) is 24.8 Å². The van der Waals surface area contributed by atoms with Crippen LogP contribution in [0, 0.1) is 31.3 Å². The standard InChI is InChI=1S/C22H25F3N4O3/c1-12-6-5-7-13(2)21(12)28-18(31)11-29(4)14(3)22(32)26-10-17(30)27-16-9-8-15(23)19(24)20(16)25/h5-9,14H,10-11H2,1-4H3,(H,26,32)(H,27,30)(H,28,31)/t14-/m1/s1. The first-order valence-corrected chi connectivity index (χ1v) is 9.78. The number of para-hydroxylation sites is 1. The number of halogens is 3. The lowest BCUT2D eigenvalue weighted by molar-refractivity contribution is -0.128. The molecule has 32 heavy (non-hydrogen) atoms. The highest BCUT2D eigenvalue weighted by Gasteiger charge is 2.22. The second-order valence-corrected chi connectivity index (χ2v) is 7.39. The van der Waals surface area contributed by atoms with Crippen LogP contribution < -0.4 is 16.0 Å². The molecular weight excluding hydrogens is 425 g/mol. The zero-order valence-electron chi connectivity index (χ0n) is 18.2. The lowest BCUT2D eigenvalue weighted by atomic mass is 10.1. The fourth-order valence-corrected chi connectivity index (χ4v) is 2.89. The first-order valence-electron chi connectivity index (χ1n) is 9.78. The SMILES string of the molecule is Cc1cccc(C)c1NC(=O)CN(C)[C@H](C)C(=O)NCC(=O)Nc1ccc(F)c(F)c1F. The number of benzene rings is 2. The summed E-state index contributed by atoms with van der Waals surface area (Å²) in [6.07, 6.45) is 0. The van der Waals surface area contributed by atoms with E-state index in [2.05, 4.69) is 16.0 Å². The summed E-state index contributed by atoms with van der Waals surface area (Å²) in [6.45, 7) is 4.70. The van der Waals surface area contributed by atoms with Gasteiger partial charge in [-0.05, 0) is 51.1 Å². The molecule has 1 atom stereocenters. The second-order valence-electron chi connectivity index (χ2n) is 7.39. The molecule has 0 unspecified atom stereocenters. The average Bonchev–Trinajstić information content (AvgIpc) is 2.74. The zero-order valence-corrected chi connectivity index (χ0v) is 18.2. The summed E-state index contributed by atoms with van der Waals surface area (Å²) in [5.74, 6) is -6.31. The van der Waals surface area contributed by atoms with E-state index in [0.29, 0.717) is 11.8 Å². The van der Waals surface area contributed by atoms with Crippen molar-refractivity contribution in [3.63, 3.8) is 0 Å². The van der Waals surface area contributed by atoms with Gasteiger partial charge in [0.1, 0.15) is 0 Å². The molecule has 3 amide bonds. The lowest BCUT2D eigenvalue weighted by Crippen LogP contribution is -2.47. The molecule has 0 spiro atoms. The van der Waals surface area contributed by atoms with Crippen LogP contribution in [0.4, 0.5) is 24.5 Å². The number of nitrogens with zero attached hydrogens (tertiary/aromatic N) is 1. The monoisotopic (exact) mass is 450 g/mol. The van der Waals surface area contributed by atoms with E-state index in [9.17, 15) is 27.6 Å². The predicted molar refractivity (Wildman–Crippen MR) is 115 cm³/mol. The quantitative estimate of drug-likeness (QED) is 0.540. The van der Waals surface area contributed by atoms with E-state index in [1.54, 1.807) is 14.0 Å². The van der Waals surface area contributed by atoms with Crippen LogP contribution in [0.3, 0.4) is 0 Å². The molecule has 0 heterocycles. The molecule has 0 fully saturated rings. The van der Waals surface area contributed by atoms with Crippen molar-refractivity contribution in [3.8, 4) is 0 Å². The Balaban J connectivity index is 1.85. The number of anilines is 2. The van der Waals surface area contributed by atoms with Crippen LogP contribution in [0.15, 0.2) is 30.3 Å². The molecule has 0 aromatic heterocycles. The number of nitrogens with one attached hydrogen (secondary N) is 3. The number of likely N-dealkylation sites (N-methyl/N-ethyl adjacent to an activating group) is 1. The van der Waals surface area contributed by atoms with E-state index in [0.717, 1.165) is 17.2 Å². The number of carbonyl (C=O) groups is 3. The number of hydrogen-bond donors (Lipinski definition) is 3. The second kappa shape index (κ2) is 10.8. The van der Waals surface area contributed by atoms with E-state index in [4.69, 9.17) is 0 Å². The number of hydrogen-bond acceptors (Lipinski definition) is 4. The Morgan fingerprint density at radius 1 is 0.938 bits per heavy atom. The Bertz CT molecular complexity index is 1010. The van der Waals surface area contributed by atoms with E-state index >= 15 is 0 Å². The van der Waals surface area contributed by atoms with Gasteiger partial charge >= 0.3 is 0 Å². The van der Waals surface area contributed by atoms with Gasteiger partial charge in [-0.3, -0.25) is 19.3 Å². The fraction of sp³-hybridized carbons (Fsp3) is 0.318. The van der Waals surface area contributed by atoms with E-state index < -0.39 is 47.5 Å². The summed E-state index contributed by atoms with van der Waals surface area (Å²) in [5, 5.41) is 7.24. The minimum atomic E-state index is -1.71. The number of carbonyl (C=O) groups excluding carboxylic acids is 3. The Kier molecular flexibility index (Phi) is 8.36. The Hall–Kier alpha value is -3.40. The molecule has 0 bridgehead atoms. The minimum Gasteiger partial charge on any atom is -0.346 e.